The number of nitrogens with zero attached hydrogens (tertiary/aromatic N) is 1. The van der Waals surface area contributed by atoms with Gasteiger partial charge in [0.05, 0.1) is 4.92 Å². The van der Waals surface area contributed by atoms with E-state index in [1.807, 2.05) is 0 Å². The average molecular weight is 370 g/mol. The third kappa shape index (κ3) is 10.8. The largest absolute Gasteiger partial charge is 0.427 e. The fraction of sp³-hybridized carbons (Fsp3) is 0.632. The molecule has 0 unspecified atom stereocenters. The van der Waals surface area contributed by atoms with E-state index in [0.717, 1.165) is 31.6 Å². The van der Waals surface area contributed by atoms with E-state index >= 15 is 0 Å². The van der Waals surface area contributed by atoms with Crippen LogP contribution in [-0.2, 0) is 4.79 Å². The van der Waals surface area contributed by atoms with Crippen LogP contribution in [-0.4, -0.2) is 16.8 Å². The van der Waals surface area contributed by atoms with Crippen molar-refractivity contribution in [2.45, 2.75) is 70.6 Å². The number of ether oxygens (including phenoxy) is 1. The topological polar surface area (TPSA) is 69.4 Å². The number of rotatable bonds is 14. The van der Waals surface area contributed by atoms with Crippen molar-refractivity contribution in [2.75, 3.05) is 5.88 Å². The van der Waals surface area contributed by atoms with Gasteiger partial charge in [-0.2, -0.15) is 0 Å². The molecule has 0 aliphatic rings. The minimum absolute atomic E-state index is 0.0150. The SMILES string of the molecule is O=C(CCCCCCCCCCCCCl)Oc1ccc([N+](=O)[O-])cc1. The second-order valence-corrected chi connectivity index (χ2v) is 6.58. The van der Waals surface area contributed by atoms with Gasteiger partial charge in [-0.3, -0.25) is 14.9 Å². The highest BCUT2D eigenvalue weighted by molar-refractivity contribution is 6.17. The predicted octanol–water partition coefficient (Wildman–Crippen LogP) is 6.03. The zero-order chi connectivity index (χ0) is 18.3. The van der Waals surface area contributed by atoms with Crippen molar-refractivity contribution in [3.63, 3.8) is 0 Å². The molecule has 0 N–H and O–H groups in total. The Balaban J connectivity index is 1.99. The summed E-state index contributed by atoms with van der Waals surface area (Å²) in [6, 6.07) is 5.56. The summed E-state index contributed by atoms with van der Waals surface area (Å²) in [5.74, 6) is 0.838. The molecule has 1 aromatic carbocycles. The van der Waals surface area contributed by atoms with Crippen molar-refractivity contribution in [3.05, 3.63) is 34.4 Å². The molecule has 0 saturated carbocycles. The van der Waals surface area contributed by atoms with Crippen LogP contribution in [0.5, 0.6) is 5.75 Å². The van der Waals surface area contributed by atoms with E-state index in [0.29, 0.717) is 12.2 Å². The number of halogens is 1. The van der Waals surface area contributed by atoms with Crippen LogP contribution in [0.1, 0.15) is 70.6 Å². The number of non-ortho nitro benzene ring substituents is 1. The van der Waals surface area contributed by atoms with Gasteiger partial charge in [0.1, 0.15) is 5.75 Å². The summed E-state index contributed by atoms with van der Waals surface area (Å²) in [7, 11) is 0. The molecule has 0 radical (unpaired) electrons. The lowest BCUT2D eigenvalue weighted by molar-refractivity contribution is -0.384. The van der Waals surface area contributed by atoms with Crippen LogP contribution in [0, 0.1) is 10.1 Å². The number of carbonyl (C=O) groups excluding carboxylic acids is 1. The number of nitro benzene ring substituents is 1. The minimum atomic E-state index is -0.481. The molecule has 140 valence electrons. The third-order valence-corrected chi connectivity index (χ3v) is 4.31. The van der Waals surface area contributed by atoms with Gasteiger partial charge < -0.3 is 4.74 Å². The quantitative estimate of drug-likeness (QED) is 0.100. The van der Waals surface area contributed by atoms with Crippen LogP contribution >= 0.6 is 11.6 Å². The normalized spacial score (nSPS) is 10.6. The average Bonchev–Trinajstić information content (AvgIpc) is 2.60. The summed E-state index contributed by atoms with van der Waals surface area (Å²) in [6.07, 6.45) is 12.1. The molecule has 1 aromatic rings. The lowest BCUT2D eigenvalue weighted by Crippen LogP contribution is -2.07. The van der Waals surface area contributed by atoms with Crippen molar-refractivity contribution in [1.82, 2.24) is 0 Å². The molecular weight excluding hydrogens is 342 g/mol. The number of hydrogen-bond donors (Lipinski definition) is 0. The highest BCUT2D eigenvalue weighted by atomic mass is 35.5. The highest BCUT2D eigenvalue weighted by Gasteiger charge is 2.08. The van der Waals surface area contributed by atoms with E-state index in [9.17, 15) is 14.9 Å². The second-order valence-electron chi connectivity index (χ2n) is 6.20. The Bertz CT molecular complexity index is 505. The van der Waals surface area contributed by atoms with Crippen molar-refractivity contribution in [3.8, 4) is 5.75 Å². The first-order valence-electron chi connectivity index (χ1n) is 9.14. The lowest BCUT2D eigenvalue weighted by atomic mass is 10.1. The molecule has 0 spiro atoms. The molecule has 0 aliphatic heterocycles. The molecule has 0 aliphatic carbocycles. The number of alkyl halides is 1. The number of esters is 1. The Morgan fingerprint density at radius 1 is 0.880 bits per heavy atom. The number of benzene rings is 1. The van der Waals surface area contributed by atoms with Crippen LogP contribution in [0.2, 0.25) is 0 Å². The molecule has 0 atom stereocenters. The van der Waals surface area contributed by atoms with Gasteiger partial charge in [-0.1, -0.05) is 51.4 Å². The van der Waals surface area contributed by atoms with Crippen LogP contribution in [0.3, 0.4) is 0 Å². The molecule has 0 fully saturated rings. The Morgan fingerprint density at radius 3 is 1.84 bits per heavy atom. The standard InChI is InChI=1S/C19H28ClNO4/c20-16-10-8-6-4-2-1-3-5-7-9-11-19(22)25-18-14-12-17(13-15-18)21(23)24/h12-15H,1-11,16H2. The summed E-state index contributed by atoms with van der Waals surface area (Å²) in [5, 5.41) is 10.6. The third-order valence-electron chi connectivity index (χ3n) is 4.04. The Labute approximate surface area is 154 Å². The molecule has 1 rings (SSSR count). The second kappa shape index (κ2) is 13.6. The van der Waals surface area contributed by atoms with Crippen molar-refractivity contribution in [1.29, 1.82) is 0 Å². The molecule has 0 amide bonds. The first kappa shape index (κ1) is 21.4. The van der Waals surface area contributed by atoms with E-state index < -0.39 is 4.92 Å². The maximum Gasteiger partial charge on any atom is 0.311 e. The maximum absolute atomic E-state index is 11.7. The number of nitro groups is 1. The smallest absolute Gasteiger partial charge is 0.311 e. The zero-order valence-electron chi connectivity index (χ0n) is 14.8. The Morgan fingerprint density at radius 2 is 1.36 bits per heavy atom. The predicted molar refractivity (Wildman–Crippen MR) is 100 cm³/mol. The van der Waals surface area contributed by atoms with Crippen LogP contribution in [0.25, 0.3) is 0 Å². The lowest BCUT2D eigenvalue weighted by Gasteiger charge is -2.04. The van der Waals surface area contributed by atoms with Gasteiger partial charge >= 0.3 is 5.97 Å². The first-order chi connectivity index (χ1) is 12.1. The Hall–Kier alpha value is -1.62. The van der Waals surface area contributed by atoms with Gasteiger partial charge in [-0.25, -0.2) is 0 Å². The molecule has 0 saturated heterocycles. The fourth-order valence-corrected chi connectivity index (χ4v) is 2.79. The zero-order valence-corrected chi connectivity index (χ0v) is 15.5. The fourth-order valence-electron chi connectivity index (χ4n) is 2.60. The van der Waals surface area contributed by atoms with E-state index in [2.05, 4.69) is 0 Å². The first-order valence-corrected chi connectivity index (χ1v) is 9.68. The van der Waals surface area contributed by atoms with Crippen molar-refractivity contribution >= 4 is 23.3 Å². The van der Waals surface area contributed by atoms with E-state index in [4.69, 9.17) is 16.3 Å². The summed E-state index contributed by atoms with van der Waals surface area (Å²) in [4.78, 5) is 21.8. The molecule has 0 aromatic heterocycles. The van der Waals surface area contributed by atoms with Gasteiger partial charge in [0.25, 0.3) is 5.69 Å². The number of unbranched alkanes of at least 4 members (excludes halogenated alkanes) is 9. The number of carbonyl (C=O) groups is 1. The van der Waals surface area contributed by atoms with Gasteiger partial charge in [0.15, 0.2) is 0 Å². The number of hydrogen-bond acceptors (Lipinski definition) is 4. The molecule has 25 heavy (non-hydrogen) atoms. The molecule has 5 nitrogen and oxygen atoms in total. The van der Waals surface area contributed by atoms with Crippen LogP contribution in [0.15, 0.2) is 24.3 Å². The van der Waals surface area contributed by atoms with Crippen LogP contribution < -0.4 is 4.74 Å². The van der Waals surface area contributed by atoms with Gasteiger partial charge in [0.2, 0.25) is 0 Å². The van der Waals surface area contributed by atoms with Crippen LogP contribution in [0.4, 0.5) is 5.69 Å². The molecule has 0 heterocycles. The summed E-state index contributed by atoms with van der Waals surface area (Å²) in [6.45, 7) is 0. The van der Waals surface area contributed by atoms with Gasteiger partial charge in [-0.15, -0.1) is 11.6 Å². The summed E-state index contributed by atoms with van der Waals surface area (Å²) >= 11 is 5.64. The maximum atomic E-state index is 11.7. The highest BCUT2D eigenvalue weighted by Crippen LogP contribution is 2.18. The van der Waals surface area contributed by atoms with Crippen molar-refractivity contribution < 1.29 is 14.5 Å². The van der Waals surface area contributed by atoms with Gasteiger partial charge in [0, 0.05) is 24.4 Å². The Kier molecular flexibility index (Phi) is 11.7. The molecule has 0 bridgehead atoms. The van der Waals surface area contributed by atoms with E-state index in [1.165, 1.54) is 62.8 Å². The summed E-state index contributed by atoms with van der Waals surface area (Å²) < 4.78 is 5.17. The van der Waals surface area contributed by atoms with E-state index in [1.54, 1.807) is 0 Å². The molecular formula is C19H28ClNO4. The van der Waals surface area contributed by atoms with Gasteiger partial charge in [-0.05, 0) is 25.0 Å². The van der Waals surface area contributed by atoms with Crippen molar-refractivity contribution in [2.24, 2.45) is 0 Å². The monoisotopic (exact) mass is 369 g/mol. The summed E-state index contributed by atoms with van der Waals surface area (Å²) in [5.41, 5.74) is -0.0150. The van der Waals surface area contributed by atoms with E-state index in [-0.39, 0.29) is 11.7 Å². The minimum Gasteiger partial charge on any atom is -0.427 e. The molecule has 6 heteroatoms.